The van der Waals surface area contributed by atoms with Crippen molar-refractivity contribution >= 4 is 27.0 Å². The first kappa shape index (κ1) is 16.0. The van der Waals surface area contributed by atoms with Gasteiger partial charge >= 0.3 is 0 Å². The van der Waals surface area contributed by atoms with Crippen LogP contribution < -0.4 is 11.3 Å². The minimum absolute atomic E-state index is 0.150. The maximum Gasteiger partial charge on any atom is 0.245 e. The first-order chi connectivity index (χ1) is 9.96. The van der Waals surface area contributed by atoms with Crippen LogP contribution in [0.4, 0.5) is 5.69 Å². The van der Waals surface area contributed by atoms with E-state index < -0.39 is 10.0 Å². The third-order valence-electron chi connectivity index (χ3n) is 3.10. The largest absolute Gasteiger partial charge is 0.323 e. The van der Waals surface area contributed by atoms with Crippen LogP contribution in [0.5, 0.6) is 0 Å². The summed E-state index contributed by atoms with van der Waals surface area (Å²) in [5.41, 5.74) is 2.85. The zero-order chi connectivity index (χ0) is 15.5. The Kier molecular flexibility index (Phi) is 5.00. The van der Waals surface area contributed by atoms with Gasteiger partial charge in [-0.05, 0) is 37.4 Å². The molecule has 7 heteroatoms. The highest BCUT2D eigenvalue weighted by atomic mass is 32.2. The molecule has 114 valence electrons. The Morgan fingerprint density at radius 1 is 1.24 bits per heavy atom. The van der Waals surface area contributed by atoms with Gasteiger partial charge < -0.3 is 5.43 Å². The molecule has 0 aliphatic heterocycles. The average molecular weight is 325 g/mol. The summed E-state index contributed by atoms with van der Waals surface area (Å²) >= 11 is 1.54. The monoisotopic (exact) mass is 325 g/mol. The molecule has 0 unspecified atom stereocenters. The van der Waals surface area contributed by atoms with Crippen LogP contribution in [-0.4, -0.2) is 18.8 Å². The number of nitrogens with one attached hydrogen (secondary N) is 1. The Morgan fingerprint density at radius 2 is 1.95 bits per heavy atom. The summed E-state index contributed by atoms with van der Waals surface area (Å²) in [6, 6.07) is 10.3. The third-order valence-corrected chi connectivity index (χ3v) is 6.04. The molecule has 21 heavy (non-hydrogen) atoms. The van der Waals surface area contributed by atoms with Crippen LogP contribution in [0, 0.1) is 0 Å². The summed E-state index contributed by atoms with van der Waals surface area (Å²) in [5.74, 6) is 5.43. The first-order valence-corrected chi connectivity index (χ1v) is 8.88. The normalized spacial score (nSPS) is 12.0. The van der Waals surface area contributed by atoms with E-state index in [1.54, 1.807) is 35.6 Å². The second-order valence-electron chi connectivity index (χ2n) is 4.86. The quantitative estimate of drug-likeness (QED) is 0.632. The average Bonchev–Trinajstić information content (AvgIpc) is 2.97. The van der Waals surface area contributed by atoms with Gasteiger partial charge in [0.1, 0.15) is 4.90 Å². The van der Waals surface area contributed by atoms with E-state index in [1.807, 2.05) is 31.4 Å². The van der Waals surface area contributed by atoms with Crippen molar-refractivity contribution in [2.75, 3.05) is 5.43 Å². The molecule has 1 aromatic heterocycles. The van der Waals surface area contributed by atoms with Gasteiger partial charge in [0, 0.05) is 17.5 Å². The molecule has 0 fully saturated rings. The van der Waals surface area contributed by atoms with E-state index in [0.717, 1.165) is 4.88 Å². The van der Waals surface area contributed by atoms with E-state index in [0.29, 0.717) is 12.2 Å². The highest BCUT2D eigenvalue weighted by Crippen LogP contribution is 2.27. The van der Waals surface area contributed by atoms with Crippen LogP contribution in [0.25, 0.3) is 0 Å². The SMILES string of the molecule is CC(C)N(Cc1cccs1)S(=O)(=O)c1ccccc1NN. The Balaban J connectivity index is 2.42. The standard InChI is InChI=1S/C14H19N3O2S2/c1-11(2)17(10-12-6-5-9-20-12)21(18,19)14-8-4-3-7-13(14)16-15/h3-9,11,16H,10,15H2,1-2H3. The van der Waals surface area contributed by atoms with Gasteiger partial charge in [-0.15, -0.1) is 11.3 Å². The Labute approximate surface area is 129 Å². The smallest absolute Gasteiger partial charge is 0.245 e. The van der Waals surface area contributed by atoms with Crippen molar-refractivity contribution in [1.82, 2.24) is 4.31 Å². The van der Waals surface area contributed by atoms with E-state index in [2.05, 4.69) is 5.43 Å². The summed E-state index contributed by atoms with van der Waals surface area (Å²) < 4.78 is 27.3. The molecule has 0 saturated carbocycles. The van der Waals surface area contributed by atoms with Gasteiger partial charge in [-0.2, -0.15) is 4.31 Å². The maximum absolute atomic E-state index is 12.9. The van der Waals surface area contributed by atoms with Crippen LogP contribution in [0.3, 0.4) is 0 Å². The van der Waals surface area contributed by atoms with Crippen LogP contribution in [0.1, 0.15) is 18.7 Å². The summed E-state index contributed by atoms with van der Waals surface area (Å²) in [6.07, 6.45) is 0. The van der Waals surface area contributed by atoms with Gasteiger partial charge in [0.25, 0.3) is 0 Å². The Hall–Kier alpha value is -1.41. The van der Waals surface area contributed by atoms with E-state index in [-0.39, 0.29) is 10.9 Å². The number of hydrogen-bond donors (Lipinski definition) is 2. The van der Waals surface area contributed by atoms with Gasteiger partial charge in [-0.25, -0.2) is 8.42 Å². The Morgan fingerprint density at radius 3 is 2.52 bits per heavy atom. The molecule has 3 N–H and O–H groups in total. The zero-order valence-electron chi connectivity index (χ0n) is 12.0. The molecule has 0 bridgehead atoms. The lowest BCUT2D eigenvalue weighted by atomic mass is 10.3. The van der Waals surface area contributed by atoms with Crippen LogP contribution in [0.2, 0.25) is 0 Å². The van der Waals surface area contributed by atoms with Gasteiger partial charge in [-0.3, -0.25) is 5.84 Å². The number of nitrogen functional groups attached to an aromatic ring is 1. The minimum atomic E-state index is -3.62. The van der Waals surface area contributed by atoms with Crippen LogP contribution >= 0.6 is 11.3 Å². The number of hydrazine groups is 1. The number of nitrogens with two attached hydrogens (primary N) is 1. The van der Waals surface area contributed by atoms with Crippen molar-refractivity contribution in [3.63, 3.8) is 0 Å². The van der Waals surface area contributed by atoms with Gasteiger partial charge in [0.05, 0.1) is 5.69 Å². The number of benzene rings is 1. The number of thiophene rings is 1. The lowest BCUT2D eigenvalue weighted by Gasteiger charge is -2.26. The number of hydrogen-bond acceptors (Lipinski definition) is 5. The highest BCUT2D eigenvalue weighted by Gasteiger charge is 2.29. The molecule has 5 nitrogen and oxygen atoms in total. The predicted molar refractivity (Wildman–Crippen MR) is 86.4 cm³/mol. The molecule has 2 aromatic rings. The molecule has 0 atom stereocenters. The summed E-state index contributed by atoms with van der Waals surface area (Å²) in [7, 11) is -3.62. The molecular formula is C14H19N3O2S2. The van der Waals surface area contributed by atoms with Gasteiger partial charge in [0.15, 0.2) is 0 Å². The summed E-state index contributed by atoms with van der Waals surface area (Å²) in [5, 5.41) is 1.94. The van der Waals surface area contributed by atoms with Crippen molar-refractivity contribution in [1.29, 1.82) is 0 Å². The van der Waals surface area contributed by atoms with Crippen LogP contribution in [-0.2, 0) is 16.6 Å². The van der Waals surface area contributed by atoms with E-state index in [1.165, 1.54) is 4.31 Å². The molecule has 0 amide bonds. The second kappa shape index (κ2) is 6.57. The second-order valence-corrected chi connectivity index (χ2v) is 7.76. The number of sulfonamides is 1. The molecule has 0 aliphatic carbocycles. The first-order valence-electron chi connectivity index (χ1n) is 6.56. The lowest BCUT2D eigenvalue weighted by Crippen LogP contribution is -2.36. The molecule has 1 aromatic carbocycles. The van der Waals surface area contributed by atoms with Crippen molar-refractivity contribution in [2.45, 2.75) is 31.3 Å². The predicted octanol–water partition coefficient (Wildman–Crippen LogP) is 2.63. The van der Waals surface area contributed by atoms with Crippen molar-refractivity contribution < 1.29 is 8.42 Å². The minimum Gasteiger partial charge on any atom is -0.323 e. The fraction of sp³-hybridized carbons (Fsp3) is 0.286. The molecule has 0 saturated heterocycles. The zero-order valence-corrected chi connectivity index (χ0v) is 13.6. The lowest BCUT2D eigenvalue weighted by molar-refractivity contribution is 0.350. The van der Waals surface area contributed by atoms with E-state index >= 15 is 0 Å². The number of para-hydroxylation sites is 1. The molecule has 1 heterocycles. The molecule has 2 rings (SSSR count). The Bertz CT molecular complexity index is 682. The van der Waals surface area contributed by atoms with Crippen molar-refractivity contribution in [3.05, 3.63) is 46.7 Å². The molecule has 0 aliphatic rings. The topological polar surface area (TPSA) is 75.4 Å². The third kappa shape index (κ3) is 3.44. The fourth-order valence-corrected chi connectivity index (χ4v) is 4.59. The molecule has 0 radical (unpaired) electrons. The highest BCUT2D eigenvalue weighted by molar-refractivity contribution is 7.89. The van der Waals surface area contributed by atoms with E-state index in [9.17, 15) is 8.42 Å². The number of rotatable bonds is 6. The van der Waals surface area contributed by atoms with Crippen LogP contribution in [0.15, 0.2) is 46.7 Å². The van der Waals surface area contributed by atoms with Crippen molar-refractivity contribution in [2.24, 2.45) is 5.84 Å². The number of nitrogens with zero attached hydrogens (tertiary/aromatic N) is 1. The maximum atomic E-state index is 12.9. The fourth-order valence-electron chi connectivity index (χ4n) is 2.04. The van der Waals surface area contributed by atoms with Crippen molar-refractivity contribution in [3.8, 4) is 0 Å². The van der Waals surface area contributed by atoms with Gasteiger partial charge in [0.2, 0.25) is 10.0 Å². The van der Waals surface area contributed by atoms with E-state index in [4.69, 9.17) is 5.84 Å². The summed E-state index contributed by atoms with van der Waals surface area (Å²) in [4.78, 5) is 1.20. The molecule has 0 spiro atoms. The molecular weight excluding hydrogens is 306 g/mol. The number of anilines is 1. The van der Waals surface area contributed by atoms with Gasteiger partial charge in [-0.1, -0.05) is 18.2 Å². The summed E-state index contributed by atoms with van der Waals surface area (Å²) in [6.45, 7) is 4.09.